The third kappa shape index (κ3) is 3.14. The van der Waals surface area contributed by atoms with Gasteiger partial charge >= 0.3 is 12.1 Å². The lowest BCUT2D eigenvalue weighted by atomic mass is 10.0. The number of halogens is 4. The Morgan fingerprint density at radius 3 is 2.39 bits per heavy atom. The van der Waals surface area contributed by atoms with Crippen molar-refractivity contribution < 1.29 is 27.8 Å². The van der Waals surface area contributed by atoms with E-state index in [9.17, 15) is 23.1 Å². The summed E-state index contributed by atoms with van der Waals surface area (Å²) in [5.41, 5.74) is 1.16. The highest BCUT2D eigenvalue weighted by molar-refractivity contribution is 6.31. The molecule has 1 heterocycles. The lowest BCUT2D eigenvalue weighted by Gasteiger charge is -2.23. The zero-order chi connectivity index (χ0) is 20.1. The summed E-state index contributed by atoms with van der Waals surface area (Å²) in [7, 11) is 0. The van der Waals surface area contributed by atoms with Crippen LogP contribution in [-0.2, 0) is 6.18 Å². The van der Waals surface area contributed by atoms with Crippen LogP contribution in [0.3, 0.4) is 0 Å². The van der Waals surface area contributed by atoms with Crippen LogP contribution < -0.4 is 10.1 Å². The molecular weight excluding hydrogens is 395 g/mol. The molecule has 1 aliphatic rings. The molecule has 0 fully saturated rings. The molecule has 0 bridgehead atoms. The van der Waals surface area contributed by atoms with Gasteiger partial charge in [0.2, 0.25) is 0 Å². The number of aromatic carboxylic acids is 1. The second kappa shape index (κ2) is 6.45. The standard InChI is InChI=1S/C20H11ClF3NO3/c21-14-8-10(4-6-13(14)20(22,23)24)11-5-7-15-17(9-11)28-16-3-1-2-12(19(26)27)18(16)25-15/h1-9,25H,(H,26,27). The van der Waals surface area contributed by atoms with Crippen molar-refractivity contribution >= 4 is 28.9 Å². The summed E-state index contributed by atoms with van der Waals surface area (Å²) in [5.74, 6) is -0.328. The Bertz CT molecular complexity index is 1110. The van der Waals surface area contributed by atoms with Crippen LogP contribution in [0.2, 0.25) is 5.02 Å². The molecule has 0 unspecified atom stereocenters. The highest BCUT2D eigenvalue weighted by Gasteiger charge is 2.33. The molecule has 142 valence electrons. The molecule has 3 aromatic rings. The second-order valence-electron chi connectivity index (χ2n) is 6.11. The maximum Gasteiger partial charge on any atom is 0.417 e. The molecule has 28 heavy (non-hydrogen) atoms. The maximum atomic E-state index is 12.9. The first-order valence-corrected chi connectivity index (χ1v) is 8.44. The van der Waals surface area contributed by atoms with E-state index in [0.29, 0.717) is 34.0 Å². The monoisotopic (exact) mass is 405 g/mol. The Hall–Kier alpha value is -3.19. The van der Waals surface area contributed by atoms with Gasteiger partial charge in [0, 0.05) is 0 Å². The number of carboxylic acid groups (broad SMARTS) is 1. The van der Waals surface area contributed by atoms with Gasteiger partial charge in [0.15, 0.2) is 11.5 Å². The molecule has 2 N–H and O–H groups in total. The Balaban J connectivity index is 1.71. The van der Waals surface area contributed by atoms with Gasteiger partial charge in [-0.1, -0.05) is 29.8 Å². The zero-order valence-corrected chi connectivity index (χ0v) is 14.7. The van der Waals surface area contributed by atoms with Gasteiger partial charge in [0.25, 0.3) is 0 Å². The van der Waals surface area contributed by atoms with Crippen molar-refractivity contribution in [1.82, 2.24) is 0 Å². The van der Waals surface area contributed by atoms with Crippen LogP contribution >= 0.6 is 11.6 Å². The van der Waals surface area contributed by atoms with Gasteiger partial charge in [-0.3, -0.25) is 0 Å². The normalized spacial score (nSPS) is 12.4. The second-order valence-corrected chi connectivity index (χ2v) is 6.52. The van der Waals surface area contributed by atoms with Crippen molar-refractivity contribution in [3.63, 3.8) is 0 Å². The Labute approximate surface area is 162 Å². The first-order valence-electron chi connectivity index (χ1n) is 8.06. The number of fused-ring (bicyclic) bond motifs is 2. The number of anilines is 2. The summed E-state index contributed by atoms with van der Waals surface area (Å²) < 4.78 is 44.5. The summed E-state index contributed by atoms with van der Waals surface area (Å²) in [6.45, 7) is 0. The lowest BCUT2D eigenvalue weighted by molar-refractivity contribution is -0.137. The van der Waals surface area contributed by atoms with Crippen molar-refractivity contribution in [3.05, 3.63) is 70.7 Å². The molecule has 0 radical (unpaired) electrons. The number of carboxylic acids is 1. The van der Waals surface area contributed by atoms with Gasteiger partial charge in [0.1, 0.15) is 0 Å². The molecule has 4 nitrogen and oxygen atoms in total. The van der Waals surface area contributed by atoms with E-state index in [4.69, 9.17) is 16.3 Å². The predicted octanol–water partition coefficient (Wildman–Crippen LogP) is 6.57. The van der Waals surface area contributed by atoms with Crippen LogP contribution in [0.5, 0.6) is 11.5 Å². The van der Waals surface area contributed by atoms with Gasteiger partial charge in [0.05, 0.1) is 27.5 Å². The van der Waals surface area contributed by atoms with Gasteiger partial charge < -0.3 is 15.2 Å². The smallest absolute Gasteiger partial charge is 0.417 e. The molecule has 0 saturated carbocycles. The number of hydrogen-bond donors (Lipinski definition) is 2. The minimum atomic E-state index is -4.52. The summed E-state index contributed by atoms with van der Waals surface area (Å²) in [4.78, 5) is 11.4. The number of carbonyl (C=O) groups is 1. The van der Waals surface area contributed by atoms with Gasteiger partial charge in [-0.05, 0) is 47.5 Å². The third-order valence-electron chi connectivity index (χ3n) is 4.33. The van der Waals surface area contributed by atoms with Gasteiger partial charge in [-0.2, -0.15) is 13.2 Å². The Morgan fingerprint density at radius 1 is 1.00 bits per heavy atom. The fourth-order valence-electron chi connectivity index (χ4n) is 2.99. The van der Waals surface area contributed by atoms with E-state index in [1.54, 1.807) is 30.3 Å². The summed E-state index contributed by atoms with van der Waals surface area (Å²) in [6, 6.07) is 13.2. The fraction of sp³-hybridized carbons (Fsp3) is 0.0500. The van der Waals surface area contributed by atoms with Crippen molar-refractivity contribution in [3.8, 4) is 22.6 Å². The number of para-hydroxylation sites is 1. The molecule has 0 atom stereocenters. The summed E-state index contributed by atoms with van der Waals surface area (Å²) >= 11 is 5.80. The van der Waals surface area contributed by atoms with E-state index in [1.807, 2.05) is 0 Å². The van der Waals surface area contributed by atoms with Crippen LogP contribution in [0.25, 0.3) is 11.1 Å². The number of benzene rings is 3. The lowest BCUT2D eigenvalue weighted by Crippen LogP contribution is -2.08. The van der Waals surface area contributed by atoms with E-state index in [-0.39, 0.29) is 5.56 Å². The topological polar surface area (TPSA) is 58.6 Å². The van der Waals surface area contributed by atoms with Crippen LogP contribution in [0.4, 0.5) is 24.5 Å². The average Bonchev–Trinajstić information content (AvgIpc) is 2.64. The van der Waals surface area contributed by atoms with Crippen LogP contribution in [0, 0.1) is 0 Å². The molecule has 0 saturated heterocycles. The highest BCUT2D eigenvalue weighted by atomic mass is 35.5. The van der Waals surface area contributed by atoms with Gasteiger partial charge in [-0.15, -0.1) is 0 Å². The SMILES string of the molecule is O=C(O)c1cccc2c1Nc1ccc(-c3ccc(C(F)(F)F)c(Cl)c3)cc1O2. The summed E-state index contributed by atoms with van der Waals surface area (Å²) in [6.07, 6.45) is -4.52. The van der Waals surface area contributed by atoms with Crippen LogP contribution in [0.15, 0.2) is 54.6 Å². The zero-order valence-electron chi connectivity index (χ0n) is 14.0. The minimum Gasteiger partial charge on any atom is -0.478 e. The Kier molecular flexibility index (Phi) is 4.19. The molecule has 3 aromatic carbocycles. The largest absolute Gasteiger partial charge is 0.478 e. The number of rotatable bonds is 2. The minimum absolute atomic E-state index is 0.0711. The first-order chi connectivity index (χ1) is 13.2. The molecular formula is C20H11ClF3NO3. The predicted molar refractivity (Wildman–Crippen MR) is 98.6 cm³/mol. The van der Waals surface area contributed by atoms with Crippen molar-refractivity contribution in [2.75, 3.05) is 5.32 Å². The van der Waals surface area contributed by atoms with Crippen LogP contribution in [0.1, 0.15) is 15.9 Å². The highest BCUT2D eigenvalue weighted by Crippen LogP contribution is 2.45. The number of alkyl halides is 3. The van der Waals surface area contributed by atoms with Crippen LogP contribution in [-0.4, -0.2) is 11.1 Å². The Morgan fingerprint density at radius 2 is 1.71 bits per heavy atom. The van der Waals surface area contributed by atoms with E-state index >= 15 is 0 Å². The first kappa shape index (κ1) is 18.2. The maximum absolute atomic E-state index is 12.9. The van der Waals surface area contributed by atoms with E-state index in [0.717, 1.165) is 6.07 Å². The fourth-order valence-corrected chi connectivity index (χ4v) is 3.28. The van der Waals surface area contributed by atoms with Crippen molar-refractivity contribution in [2.45, 2.75) is 6.18 Å². The molecule has 8 heteroatoms. The number of nitrogens with one attached hydrogen (secondary N) is 1. The molecule has 0 aliphatic carbocycles. The molecule has 1 aliphatic heterocycles. The third-order valence-corrected chi connectivity index (χ3v) is 4.64. The molecule has 0 amide bonds. The van der Waals surface area contributed by atoms with Crippen molar-refractivity contribution in [1.29, 1.82) is 0 Å². The number of ether oxygens (including phenoxy) is 1. The summed E-state index contributed by atoms with van der Waals surface area (Å²) in [5, 5.41) is 11.9. The van der Waals surface area contributed by atoms with E-state index < -0.39 is 22.7 Å². The number of hydrogen-bond acceptors (Lipinski definition) is 3. The van der Waals surface area contributed by atoms with Gasteiger partial charge in [-0.25, -0.2) is 4.79 Å². The van der Waals surface area contributed by atoms with E-state index in [1.165, 1.54) is 18.2 Å². The molecule has 4 rings (SSSR count). The van der Waals surface area contributed by atoms with E-state index in [2.05, 4.69) is 5.32 Å². The molecule has 0 aromatic heterocycles. The quantitative estimate of drug-likeness (QED) is 0.396. The average molecular weight is 406 g/mol. The molecule has 0 spiro atoms. The van der Waals surface area contributed by atoms with Crippen molar-refractivity contribution in [2.24, 2.45) is 0 Å².